The van der Waals surface area contributed by atoms with Crippen LogP contribution < -0.4 is 9.80 Å². The Morgan fingerprint density at radius 2 is 1.63 bits per heavy atom. The molecule has 52 heavy (non-hydrogen) atoms. The smallest absolute Gasteiger partial charge is 0.162 e. The van der Waals surface area contributed by atoms with Crippen LogP contribution >= 0.6 is 0 Å². The summed E-state index contributed by atoms with van der Waals surface area (Å²) in [6.07, 6.45) is 19.7. The lowest BCUT2D eigenvalue weighted by atomic mass is 9.79. The Morgan fingerprint density at radius 3 is 2.23 bits per heavy atom. The topological polar surface area (TPSA) is 21.7 Å². The SMILES string of the molecule is C=C/C=C(\C=C/C(C)N(O/C(C=C)=C(/C=C\CC)C(=C)C)c1ccccc1)C1=CC(C2c3ccc(C)cc3OC2C)=C(C)CC1.Cc1ccccc1. The monoisotopic (exact) mass is 691 g/mol. The zero-order valence-electron chi connectivity index (χ0n) is 32.4. The molecule has 0 saturated carbocycles. The molecule has 3 unspecified atom stereocenters. The summed E-state index contributed by atoms with van der Waals surface area (Å²) < 4.78 is 6.34. The molecule has 3 nitrogen and oxygen atoms in total. The first-order valence-corrected chi connectivity index (χ1v) is 18.5. The van der Waals surface area contributed by atoms with Crippen LogP contribution in [0.2, 0.25) is 0 Å². The molecule has 0 aromatic heterocycles. The molecule has 1 aliphatic carbocycles. The predicted molar refractivity (Wildman–Crippen MR) is 224 cm³/mol. The summed E-state index contributed by atoms with van der Waals surface area (Å²) in [6.45, 7) is 27.2. The van der Waals surface area contributed by atoms with Crippen LogP contribution in [0.15, 0.2) is 186 Å². The minimum absolute atomic E-state index is 0.0877. The number of hydrogen-bond donors (Lipinski definition) is 0. The van der Waals surface area contributed by atoms with E-state index in [2.05, 4.69) is 140 Å². The third-order valence-corrected chi connectivity index (χ3v) is 9.38. The predicted octanol–water partition coefficient (Wildman–Crippen LogP) is 13.4. The van der Waals surface area contributed by atoms with Gasteiger partial charge in [-0.15, -0.1) is 0 Å². The normalized spacial score (nSPS) is 18.1. The Balaban J connectivity index is 0.000000771. The van der Waals surface area contributed by atoms with E-state index in [1.165, 1.54) is 33.4 Å². The fourth-order valence-corrected chi connectivity index (χ4v) is 6.55. The second-order valence-electron chi connectivity index (χ2n) is 13.7. The molecule has 3 aromatic carbocycles. The molecule has 3 atom stereocenters. The van der Waals surface area contributed by atoms with Gasteiger partial charge < -0.3 is 9.57 Å². The zero-order valence-corrected chi connectivity index (χ0v) is 32.4. The van der Waals surface area contributed by atoms with Gasteiger partial charge in [-0.25, -0.2) is 5.06 Å². The molecule has 0 spiro atoms. The standard InChI is InChI=1S/C42H49NO2.C7H8/c1-10-13-20-37(29(4)5)40(12-3)45-43(36-18-15-14-16-19-36)32(8)23-25-34(17-11-2)35-24-22-31(7)39(28-35)42-33(9)44-41-27-30(6)21-26-38(41)42;1-7-5-3-2-4-6-7/h11-21,23,25-28,32-33,42H,2-4,10,22,24H2,1,5-9H3;2-6H,1H3/b20-13-,25-23-,34-17+,40-37-;. The lowest BCUT2D eigenvalue weighted by molar-refractivity contribution is 0.177. The van der Waals surface area contributed by atoms with Crippen molar-refractivity contribution in [1.29, 1.82) is 0 Å². The van der Waals surface area contributed by atoms with Crippen LogP contribution in [0.1, 0.15) is 76.5 Å². The third-order valence-electron chi connectivity index (χ3n) is 9.38. The first-order valence-electron chi connectivity index (χ1n) is 18.5. The third kappa shape index (κ3) is 10.4. The Morgan fingerprint density at radius 1 is 0.942 bits per heavy atom. The highest BCUT2D eigenvalue weighted by molar-refractivity contribution is 5.56. The molecule has 0 amide bonds. The quantitative estimate of drug-likeness (QED) is 0.101. The Bertz CT molecular complexity index is 1880. The number of fused-ring (bicyclic) bond motifs is 1. The van der Waals surface area contributed by atoms with Crippen LogP contribution in [-0.2, 0) is 4.84 Å². The molecule has 5 rings (SSSR count). The summed E-state index contributed by atoms with van der Waals surface area (Å²) in [7, 11) is 0. The number of ether oxygens (including phenoxy) is 1. The van der Waals surface area contributed by atoms with Crippen LogP contribution in [0, 0.1) is 13.8 Å². The van der Waals surface area contributed by atoms with E-state index in [0.717, 1.165) is 47.4 Å². The maximum Gasteiger partial charge on any atom is 0.162 e. The number of aryl methyl sites for hydroxylation is 2. The van der Waals surface area contributed by atoms with Crippen molar-refractivity contribution >= 4 is 5.69 Å². The summed E-state index contributed by atoms with van der Waals surface area (Å²) >= 11 is 0. The second-order valence-corrected chi connectivity index (χ2v) is 13.7. The molecular formula is C49H57NO2. The van der Waals surface area contributed by atoms with Crippen molar-refractivity contribution in [1.82, 2.24) is 0 Å². The molecule has 0 radical (unpaired) electrons. The van der Waals surface area contributed by atoms with Crippen molar-refractivity contribution in [2.45, 2.75) is 85.8 Å². The van der Waals surface area contributed by atoms with E-state index in [-0.39, 0.29) is 18.1 Å². The van der Waals surface area contributed by atoms with E-state index in [1.807, 2.05) is 54.5 Å². The van der Waals surface area contributed by atoms with Crippen LogP contribution in [0.3, 0.4) is 0 Å². The van der Waals surface area contributed by atoms with Gasteiger partial charge in [-0.3, -0.25) is 0 Å². The van der Waals surface area contributed by atoms with Crippen molar-refractivity contribution < 1.29 is 9.57 Å². The minimum atomic E-state index is -0.101. The number of hydrogen-bond acceptors (Lipinski definition) is 3. The van der Waals surface area contributed by atoms with Gasteiger partial charge in [-0.2, -0.15) is 0 Å². The Hall–Kier alpha value is -5.28. The maximum atomic E-state index is 6.61. The number of hydroxylamine groups is 1. The van der Waals surface area contributed by atoms with E-state index >= 15 is 0 Å². The molecule has 3 aromatic rings. The molecule has 0 saturated heterocycles. The summed E-state index contributed by atoms with van der Waals surface area (Å²) in [5, 5.41) is 1.93. The van der Waals surface area contributed by atoms with Gasteiger partial charge in [0.1, 0.15) is 11.9 Å². The zero-order chi connectivity index (χ0) is 37.6. The summed E-state index contributed by atoms with van der Waals surface area (Å²) in [5.74, 6) is 1.90. The first kappa shape index (κ1) is 39.5. The van der Waals surface area contributed by atoms with Gasteiger partial charge in [0.05, 0.1) is 11.7 Å². The highest BCUT2D eigenvalue weighted by Gasteiger charge is 2.35. The van der Waals surface area contributed by atoms with Crippen LogP contribution in [-0.4, -0.2) is 12.1 Å². The van der Waals surface area contributed by atoms with Gasteiger partial charge in [0.25, 0.3) is 0 Å². The number of benzene rings is 3. The van der Waals surface area contributed by atoms with Crippen molar-refractivity contribution in [3.63, 3.8) is 0 Å². The van der Waals surface area contributed by atoms with E-state index in [0.29, 0.717) is 5.76 Å². The van der Waals surface area contributed by atoms with Crippen molar-refractivity contribution in [2.75, 3.05) is 5.06 Å². The molecule has 2 aliphatic rings. The van der Waals surface area contributed by atoms with Crippen molar-refractivity contribution in [2.24, 2.45) is 0 Å². The first-order chi connectivity index (χ1) is 25.1. The van der Waals surface area contributed by atoms with Gasteiger partial charge >= 0.3 is 0 Å². The van der Waals surface area contributed by atoms with Crippen LogP contribution in [0.5, 0.6) is 5.75 Å². The Labute approximate surface area is 314 Å². The lowest BCUT2D eigenvalue weighted by Gasteiger charge is -2.30. The molecule has 1 aliphatic heterocycles. The van der Waals surface area contributed by atoms with Gasteiger partial charge in [0.2, 0.25) is 0 Å². The number of rotatable bonds is 13. The fraction of sp³-hybridized carbons (Fsp3) is 0.265. The van der Waals surface area contributed by atoms with Gasteiger partial charge in [0.15, 0.2) is 5.76 Å². The molecule has 1 heterocycles. The molecule has 270 valence electrons. The Kier molecular flexibility index (Phi) is 14.7. The highest BCUT2D eigenvalue weighted by Crippen LogP contribution is 2.46. The number of anilines is 1. The average Bonchev–Trinajstić information content (AvgIpc) is 3.46. The average molecular weight is 692 g/mol. The summed E-state index contributed by atoms with van der Waals surface area (Å²) in [5.41, 5.74) is 11.9. The summed E-state index contributed by atoms with van der Waals surface area (Å²) in [4.78, 5) is 6.61. The van der Waals surface area contributed by atoms with E-state index in [4.69, 9.17) is 9.57 Å². The molecule has 0 fully saturated rings. The number of nitrogens with zero attached hydrogens (tertiary/aromatic N) is 1. The minimum Gasteiger partial charge on any atom is -0.489 e. The number of para-hydroxylation sites is 1. The number of allylic oxidation sites excluding steroid dienone is 12. The highest BCUT2D eigenvalue weighted by atomic mass is 16.7. The van der Waals surface area contributed by atoms with Crippen LogP contribution in [0.25, 0.3) is 0 Å². The van der Waals surface area contributed by atoms with E-state index in [9.17, 15) is 0 Å². The van der Waals surface area contributed by atoms with E-state index < -0.39 is 0 Å². The second kappa shape index (κ2) is 19.4. The van der Waals surface area contributed by atoms with Gasteiger partial charge in [-0.05, 0) is 113 Å². The molecule has 0 bridgehead atoms. The maximum absolute atomic E-state index is 6.61. The molecule has 0 N–H and O–H groups in total. The molecule has 3 heteroatoms. The van der Waals surface area contributed by atoms with Crippen LogP contribution in [0.4, 0.5) is 5.69 Å². The fourth-order valence-electron chi connectivity index (χ4n) is 6.55. The van der Waals surface area contributed by atoms with Crippen molar-refractivity contribution in [3.05, 3.63) is 203 Å². The van der Waals surface area contributed by atoms with Gasteiger partial charge in [0, 0.05) is 17.1 Å². The summed E-state index contributed by atoms with van der Waals surface area (Å²) in [6, 6.07) is 26.9. The van der Waals surface area contributed by atoms with Crippen molar-refractivity contribution in [3.8, 4) is 5.75 Å². The van der Waals surface area contributed by atoms with Gasteiger partial charge in [-0.1, -0.05) is 141 Å². The molecular weight excluding hydrogens is 635 g/mol. The van der Waals surface area contributed by atoms with E-state index in [1.54, 1.807) is 6.08 Å². The lowest BCUT2D eigenvalue weighted by Crippen LogP contribution is -2.31. The largest absolute Gasteiger partial charge is 0.489 e.